The molecule has 0 radical (unpaired) electrons. The van der Waals surface area contributed by atoms with Gasteiger partial charge in [0.05, 0.1) is 0 Å². The van der Waals surface area contributed by atoms with Gasteiger partial charge in [0.15, 0.2) is 5.11 Å². The Labute approximate surface area is 137 Å². The first kappa shape index (κ1) is 15.3. The predicted octanol–water partition coefficient (Wildman–Crippen LogP) is 3.03. The smallest absolute Gasteiger partial charge is 0.276 e. The van der Waals surface area contributed by atoms with Gasteiger partial charge in [0, 0.05) is 24.5 Å². The third-order valence-corrected chi connectivity index (χ3v) is 5.26. The maximum atomic E-state index is 12.7. The Morgan fingerprint density at radius 3 is 2.55 bits per heavy atom. The van der Waals surface area contributed by atoms with Crippen LogP contribution in [0, 0.1) is 13.8 Å². The predicted molar refractivity (Wildman–Crippen MR) is 92.3 cm³/mol. The quantitative estimate of drug-likeness (QED) is 0.673. The van der Waals surface area contributed by atoms with Gasteiger partial charge in [0.2, 0.25) is 0 Å². The van der Waals surface area contributed by atoms with Crippen molar-refractivity contribution >= 4 is 29.3 Å². The van der Waals surface area contributed by atoms with Gasteiger partial charge in [0.25, 0.3) is 5.91 Å². The second kappa shape index (κ2) is 5.88. The number of carbonyl (C=O) groups excluding carboxylic acids is 1. The zero-order chi connectivity index (χ0) is 15.9. The van der Waals surface area contributed by atoms with Crippen LogP contribution < -0.4 is 5.32 Å². The van der Waals surface area contributed by atoms with E-state index >= 15 is 0 Å². The number of aryl methyl sites for hydroxylation is 1. The van der Waals surface area contributed by atoms with Crippen molar-refractivity contribution in [2.75, 3.05) is 0 Å². The topological polar surface area (TPSA) is 37.3 Å². The molecule has 1 N–H and O–H groups in total. The van der Waals surface area contributed by atoms with E-state index in [2.05, 4.69) is 29.8 Å². The van der Waals surface area contributed by atoms with E-state index in [0.29, 0.717) is 10.8 Å². The number of thiocarbonyl (C=S) groups is 1. The van der Waals surface area contributed by atoms with Crippen LogP contribution in [-0.4, -0.2) is 26.5 Å². The minimum Gasteiger partial charge on any atom is -0.352 e. The molecule has 0 spiro atoms. The lowest BCUT2D eigenvalue weighted by atomic mass is 9.94. The molecular formula is C17H23N3OS. The lowest BCUT2D eigenvalue weighted by Gasteiger charge is -2.29. The van der Waals surface area contributed by atoms with E-state index in [1.54, 1.807) is 4.90 Å². The Hall–Kier alpha value is -1.62. The molecule has 0 bridgehead atoms. The van der Waals surface area contributed by atoms with Gasteiger partial charge < -0.3 is 9.88 Å². The molecule has 1 amide bonds. The van der Waals surface area contributed by atoms with Crippen LogP contribution >= 0.6 is 12.2 Å². The van der Waals surface area contributed by atoms with Gasteiger partial charge in [-0.1, -0.05) is 19.3 Å². The molecule has 22 heavy (non-hydrogen) atoms. The second-order valence-electron chi connectivity index (χ2n) is 6.34. The van der Waals surface area contributed by atoms with Crippen molar-refractivity contribution in [2.24, 2.45) is 7.05 Å². The van der Waals surface area contributed by atoms with E-state index in [1.807, 2.05) is 13.1 Å². The molecule has 118 valence electrons. The summed E-state index contributed by atoms with van der Waals surface area (Å²) in [7, 11) is 2.04. The maximum absolute atomic E-state index is 12.7. The first-order valence-electron chi connectivity index (χ1n) is 7.98. The summed E-state index contributed by atoms with van der Waals surface area (Å²) in [6.07, 6.45) is 7.69. The lowest BCUT2D eigenvalue weighted by Crippen LogP contribution is -2.41. The summed E-state index contributed by atoms with van der Waals surface area (Å²) in [5.41, 5.74) is 4.01. The minimum atomic E-state index is 0.0257. The Balaban J connectivity index is 1.86. The van der Waals surface area contributed by atoms with Crippen molar-refractivity contribution in [3.63, 3.8) is 0 Å². The maximum Gasteiger partial charge on any atom is 0.276 e. The van der Waals surface area contributed by atoms with Gasteiger partial charge in [0.1, 0.15) is 5.70 Å². The zero-order valence-electron chi connectivity index (χ0n) is 13.5. The fourth-order valence-corrected chi connectivity index (χ4v) is 3.75. The number of carbonyl (C=O) groups is 1. The van der Waals surface area contributed by atoms with E-state index in [0.717, 1.165) is 24.1 Å². The molecule has 1 aromatic heterocycles. The average Bonchev–Trinajstić information content (AvgIpc) is 2.92. The van der Waals surface area contributed by atoms with Crippen molar-refractivity contribution in [2.45, 2.75) is 52.0 Å². The fourth-order valence-electron chi connectivity index (χ4n) is 3.41. The molecule has 2 fully saturated rings. The van der Waals surface area contributed by atoms with Gasteiger partial charge in [-0.2, -0.15) is 0 Å². The number of amides is 1. The Morgan fingerprint density at radius 2 is 1.95 bits per heavy atom. The molecular weight excluding hydrogens is 294 g/mol. The number of nitrogens with one attached hydrogen (secondary N) is 1. The van der Waals surface area contributed by atoms with E-state index in [-0.39, 0.29) is 11.9 Å². The largest absolute Gasteiger partial charge is 0.352 e. The molecule has 0 unspecified atom stereocenters. The molecule has 3 rings (SSSR count). The van der Waals surface area contributed by atoms with Crippen LogP contribution in [0.15, 0.2) is 11.8 Å². The van der Waals surface area contributed by atoms with Gasteiger partial charge >= 0.3 is 0 Å². The van der Waals surface area contributed by atoms with Gasteiger partial charge in [-0.15, -0.1) is 0 Å². The molecule has 4 nitrogen and oxygen atoms in total. The molecule has 1 saturated carbocycles. The summed E-state index contributed by atoms with van der Waals surface area (Å²) in [4.78, 5) is 14.5. The average molecular weight is 317 g/mol. The fraction of sp³-hybridized carbons (Fsp3) is 0.529. The highest BCUT2D eigenvalue weighted by molar-refractivity contribution is 7.80. The standard InChI is InChI=1S/C17H23N3OS/c1-11-9-13(12(2)19(11)3)10-15-16(21)20(17(22)18-15)14-7-5-4-6-8-14/h9-10,14H,4-8H2,1-3H3,(H,18,22). The molecule has 1 saturated heterocycles. The molecule has 0 aromatic carbocycles. The number of hydrogen-bond acceptors (Lipinski definition) is 2. The number of rotatable bonds is 2. The Bertz CT molecular complexity index is 653. The van der Waals surface area contributed by atoms with Crippen molar-refractivity contribution in [3.8, 4) is 0 Å². The van der Waals surface area contributed by atoms with Crippen LogP contribution in [0.4, 0.5) is 0 Å². The highest BCUT2D eigenvalue weighted by atomic mass is 32.1. The first-order valence-corrected chi connectivity index (χ1v) is 8.39. The van der Waals surface area contributed by atoms with Crippen molar-refractivity contribution in [3.05, 3.63) is 28.7 Å². The number of aromatic nitrogens is 1. The second-order valence-corrected chi connectivity index (χ2v) is 6.73. The van der Waals surface area contributed by atoms with Crippen molar-refractivity contribution in [1.82, 2.24) is 14.8 Å². The molecule has 1 aromatic rings. The van der Waals surface area contributed by atoms with Crippen molar-refractivity contribution in [1.29, 1.82) is 0 Å². The highest BCUT2D eigenvalue weighted by Gasteiger charge is 2.36. The summed E-state index contributed by atoms with van der Waals surface area (Å²) in [6, 6.07) is 2.37. The summed E-state index contributed by atoms with van der Waals surface area (Å²) in [5.74, 6) is 0.0257. The van der Waals surface area contributed by atoms with Gasteiger partial charge in [-0.3, -0.25) is 9.69 Å². The van der Waals surface area contributed by atoms with E-state index in [4.69, 9.17) is 12.2 Å². The normalized spacial score (nSPS) is 21.8. The van der Waals surface area contributed by atoms with Crippen LogP contribution in [0.25, 0.3) is 6.08 Å². The summed E-state index contributed by atoms with van der Waals surface area (Å²) in [6.45, 7) is 4.13. The summed E-state index contributed by atoms with van der Waals surface area (Å²) < 4.78 is 2.13. The molecule has 1 aliphatic heterocycles. The number of hydrogen-bond donors (Lipinski definition) is 1. The van der Waals surface area contributed by atoms with Gasteiger partial charge in [-0.05, 0) is 56.6 Å². The minimum absolute atomic E-state index is 0.0257. The van der Waals surface area contributed by atoms with Crippen LogP contribution in [0.1, 0.15) is 49.1 Å². The zero-order valence-corrected chi connectivity index (χ0v) is 14.3. The molecule has 0 atom stereocenters. The monoisotopic (exact) mass is 317 g/mol. The van der Waals surface area contributed by atoms with Crippen LogP contribution in [0.2, 0.25) is 0 Å². The lowest BCUT2D eigenvalue weighted by molar-refractivity contribution is -0.124. The first-order chi connectivity index (χ1) is 10.5. The van der Waals surface area contributed by atoms with Crippen LogP contribution in [0.5, 0.6) is 0 Å². The molecule has 5 heteroatoms. The van der Waals surface area contributed by atoms with Crippen LogP contribution in [-0.2, 0) is 11.8 Å². The molecule has 1 aliphatic carbocycles. The van der Waals surface area contributed by atoms with Crippen LogP contribution in [0.3, 0.4) is 0 Å². The number of nitrogens with zero attached hydrogens (tertiary/aromatic N) is 2. The highest BCUT2D eigenvalue weighted by Crippen LogP contribution is 2.27. The summed E-state index contributed by atoms with van der Waals surface area (Å²) >= 11 is 5.40. The Kier molecular flexibility index (Phi) is 4.08. The third-order valence-electron chi connectivity index (χ3n) is 4.96. The third kappa shape index (κ3) is 2.58. The van der Waals surface area contributed by atoms with Crippen molar-refractivity contribution < 1.29 is 4.79 Å². The molecule has 2 heterocycles. The SMILES string of the molecule is Cc1cc(C=C2NC(=S)N(C3CCCCC3)C2=O)c(C)n1C. The van der Waals surface area contributed by atoms with Gasteiger partial charge in [-0.25, -0.2) is 0 Å². The summed E-state index contributed by atoms with van der Waals surface area (Å²) in [5, 5.41) is 3.68. The molecule has 2 aliphatic rings. The van der Waals surface area contributed by atoms with E-state index < -0.39 is 0 Å². The van der Waals surface area contributed by atoms with E-state index in [1.165, 1.54) is 25.0 Å². The Morgan fingerprint density at radius 1 is 1.27 bits per heavy atom. The van der Waals surface area contributed by atoms with E-state index in [9.17, 15) is 4.79 Å².